The van der Waals surface area contributed by atoms with Crippen molar-refractivity contribution in [1.29, 1.82) is 0 Å². The fourth-order valence-electron chi connectivity index (χ4n) is 5.41. The van der Waals surface area contributed by atoms with Gasteiger partial charge in [-0.25, -0.2) is 9.59 Å². The molecule has 12 nitrogen and oxygen atoms in total. The Morgan fingerprint density at radius 2 is 1.78 bits per heavy atom. The summed E-state index contributed by atoms with van der Waals surface area (Å²) in [6, 6.07) is 13.8. The van der Waals surface area contributed by atoms with Crippen molar-refractivity contribution in [2.75, 3.05) is 24.5 Å². The molecule has 2 heterocycles. The summed E-state index contributed by atoms with van der Waals surface area (Å²) in [5.41, 5.74) is 4.34. The third kappa shape index (κ3) is 7.95. The Morgan fingerprint density at radius 1 is 1.11 bits per heavy atom. The largest absolute Gasteiger partial charge is 0.490 e. The van der Waals surface area contributed by atoms with Crippen LogP contribution < -0.4 is 26.0 Å². The Bertz CT molecular complexity index is 1460. The predicted octanol–water partition coefficient (Wildman–Crippen LogP) is 2.18. The number of carbonyl (C=O) groups excluding carboxylic acids is 5. The van der Waals surface area contributed by atoms with Gasteiger partial charge < -0.3 is 35.4 Å². The highest BCUT2D eigenvalue weighted by atomic mass is 19.4. The molecule has 1 saturated heterocycles. The number of unbranched alkanes of at least 4 members (excludes halogenated alkanes) is 2. The summed E-state index contributed by atoms with van der Waals surface area (Å²) in [5.74, 6) is -4.57. The summed E-state index contributed by atoms with van der Waals surface area (Å²) in [6.07, 6.45) is -0.560. The monoisotopic (exact) mass is 648 g/mol. The number of carboxylic acids is 1. The first-order valence-electron chi connectivity index (χ1n) is 14.4. The number of para-hydroxylation sites is 1. The zero-order chi connectivity index (χ0) is 34.1. The van der Waals surface area contributed by atoms with E-state index in [0.717, 1.165) is 31.2 Å². The molecule has 2 aliphatic rings. The van der Waals surface area contributed by atoms with Crippen molar-refractivity contribution in [3.8, 4) is 5.75 Å². The molecule has 2 amide bonds. The molecule has 15 heteroatoms. The molecule has 5 N–H and O–H groups in total. The summed E-state index contributed by atoms with van der Waals surface area (Å²) in [6.45, 7) is 2.14. The Balaban J connectivity index is 0.000000738. The van der Waals surface area contributed by atoms with E-state index in [1.165, 1.54) is 4.90 Å². The van der Waals surface area contributed by atoms with Crippen LogP contribution in [0, 0.1) is 5.92 Å². The number of nitrogens with one attached hydrogen (secondary N) is 2. The Labute approximate surface area is 262 Å². The fourth-order valence-corrected chi connectivity index (χ4v) is 5.41. The highest BCUT2D eigenvalue weighted by molar-refractivity contribution is 6.10. The Hall–Kier alpha value is -4.63. The number of esters is 1. The molecule has 0 aromatic heterocycles. The molecule has 0 saturated carbocycles. The number of nitrogens with two attached hydrogens (primary N) is 1. The molecular formula is C31H35F3N4O8. The number of amides is 2. The molecule has 0 bridgehead atoms. The summed E-state index contributed by atoms with van der Waals surface area (Å²) >= 11 is 0. The number of fused-ring (bicyclic) bond motifs is 1. The van der Waals surface area contributed by atoms with Crippen LogP contribution in [-0.4, -0.2) is 78.3 Å². The average molecular weight is 649 g/mol. The second-order valence-corrected chi connectivity index (χ2v) is 10.9. The first kappa shape index (κ1) is 35.8. The minimum Gasteiger partial charge on any atom is -0.475 e. The van der Waals surface area contributed by atoms with Crippen molar-refractivity contribution in [3.05, 3.63) is 59.7 Å². The maximum atomic E-state index is 13.5. The van der Waals surface area contributed by atoms with Crippen molar-refractivity contribution in [3.63, 3.8) is 0 Å². The van der Waals surface area contributed by atoms with E-state index in [1.54, 1.807) is 49.4 Å². The minimum absolute atomic E-state index is 0.00196. The number of alkyl halides is 3. The maximum Gasteiger partial charge on any atom is 0.490 e. The van der Waals surface area contributed by atoms with E-state index < -0.39 is 35.1 Å². The molecule has 248 valence electrons. The van der Waals surface area contributed by atoms with Gasteiger partial charge in [-0.3, -0.25) is 14.9 Å². The number of anilines is 1. The van der Waals surface area contributed by atoms with Gasteiger partial charge in [0, 0.05) is 18.9 Å². The van der Waals surface area contributed by atoms with E-state index >= 15 is 0 Å². The molecule has 0 spiro atoms. The van der Waals surface area contributed by atoms with Crippen LogP contribution in [-0.2, 0) is 30.4 Å². The van der Waals surface area contributed by atoms with Gasteiger partial charge in [-0.05, 0) is 55.6 Å². The SMILES string of the molecule is CC(CN1C(=O)CNC(=O)c2cc(CCCCCN)ccc21)[C@@]1(C(=O)Oc2ccccc2)NC1(C=O)CC=O.O=C(O)C(F)(F)F. The number of aldehydes is 2. The summed E-state index contributed by atoms with van der Waals surface area (Å²) in [5, 5.41) is 12.7. The van der Waals surface area contributed by atoms with E-state index in [-0.39, 0.29) is 31.3 Å². The van der Waals surface area contributed by atoms with Crippen LogP contribution in [0.15, 0.2) is 48.5 Å². The average Bonchev–Trinajstić information content (AvgIpc) is 3.72. The van der Waals surface area contributed by atoms with E-state index in [2.05, 4.69) is 10.6 Å². The number of aliphatic carboxylic acids is 1. The molecular weight excluding hydrogens is 613 g/mol. The topological polar surface area (TPSA) is 195 Å². The number of hydrogen-bond donors (Lipinski definition) is 4. The molecule has 4 rings (SSSR count). The highest BCUT2D eigenvalue weighted by Gasteiger charge is 2.75. The van der Waals surface area contributed by atoms with E-state index in [4.69, 9.17) is 20.4 Å². The first-order chi connectivity index (χ1) is 21.8. The van der Waals surface area contributed by atoms with Gasteiger partial charge in [-0.2, -0.15) is 13.2 Å². The third-order valence-corrected chi connectivity index (χ3v) is 7.85. The zero-order valence-corrected chi connectivity index (χ0v) is 25.0. The van der Waals surface area contributed by atoms with Gasteiger partial charge in [0.1, 0.15) is 29.4 Å². The number of hydrogen-bond acceptors (Lipinski definition) is 9. The Kier molecular flexibility index (Phi) is 11.8. The number of carboxylic acid groups (broad SMARTS) is 1. The summed E-state index contributed by atoms with van der Waals surface area (Å²) < 4.78 is 37.3. The van der Waals surface area contributed by atoms with Gasteiger partial charge in [0.05, 0.1) is 17.8 Å². The van der Waals surface area contributed by atoms with Gasteiger partial charge in [0.2, 0.25) is 5.91 Å². The van der Waals surface area contributed by atoms with Crippen LogP contribution in [0.3, 0.4) is 0 Å². The van der Waals surface area contributed by atoms with Crippen molar-refractivity contribution < 1.29 is 51.8 Å². The highest BCUT2D eigenvalue weighted by Crippen LogP contribution is 2.47. The maximum absolute atomic E-state index is 13.5. The lowest BCUT2D eigenvalue weighted by Crippen LogP contribution is -2.50. The van der Waals surface area contributed by atoms with E-state index in [9.17, 15) is 37.1 Å². The smallest absolute Gasteiger partial charge is 0.475 e. The second kappa shape index (κ2) is 15.1. The van der Waals surface area contributed by atoms with Crippen LogP contribution in [0.4, 0.5) is 18.9 Å². The van der Waals surface area contributed by atoms with Crippen molar-refractivity contribution in [2.24, 2.45) is 11.7 Å². The number of rotatable bonds is 13. The van der Waals surface area contributed by atoms with E-state index in [0.29, 0.717) is 36.1 Å². The molecule has 0 aliphatic carbocycles. The van der Waals surface area contributed by atoms with Crippen LogP contribution in [0.2, 0.25) is 0 Å². The van der Waals surface area contributed by atoms with Crippen LogP contribution in [0.25, 0.3) is 0 Å². The summed E-state index contributed by atoms with van der Waals surface area (Å²) in [4.78, 5) is 73.6. The number of nitrogens with zero attached hydrogens (tertiary/aromatic N) is 1. The number of aryl methyl sites for hydroxylation is 1. The molecule has 1 fully saturated rings. The van der Waals surface area contributed by atoms with Gasteiger partial charge in [-0.15, -0.1) is 0 Å². The minimum atomic E-state index is -5.08. The van der Waals surface area contributed by atoms with Crippen molar-refractivity contribution in [1.82, 2.24) is 10.6 Å². The predicted molar refractivity (Wildman–Crippen MR) is 158 cm³/mol. The van der Waals surface area contributed by atoms with Crippen molar-refractivity contribution in [2.45, 2.75) is 56.3 Å². The molecule has 46 heavy (non-hydrogen) atoms. The summed E-state index contributed by atoms with van der Waals surface area (Å²) in [7, 11) is 0. The quantitative estimate of drug-likeness (QED) is 0.0822. The molecule has 2 aromatic rings. The normalized spacial score (nSPS) is 21.0. The van der Waals surface area contributed by atoms with Crippen LogP contribution >= 0.6 is 0 Å². The van der Waals surface area contributed by atoms with Gasteiger partial charge in [0.25, 0.3) is 5.91 Å². The lowest BCUT2D eigenvalue weighted by Gasteiger charge is -2.30. The molecule has 3 atom stereocenters. The number of carbonyl (C=O) groups is 6. The number of benzene rings is 2. The Morgan fingerprint density at radius 3 is 2.37 bits per heavy atom. The van der Waals surface area contributed by atoms with Crippen LogP contribution in [0.1, 0.15) is 48.5 Å². The third-order valence-electron chi connectivity index (χ3n) is 7.85. The van der Waals surface area contributed by atoms with Gasteiger partial charge >= 0.3 is 18.1 Å². The molecule has 2 aromatic carbocycles. The van der Waals surface area contributed by atoms with Crippen LogP contribution in [0.5, 0.6) is 5.75 Å². The van der Waals surface area contributed by atoms with Gasteiger partial charge in [0.15, 0.2) is 0 Å². The lowest BCUT2D eigenvalue weighted by molar-refractivity contribution is -0.192. The number of ether oxygens (including phenoxy) is 1. The van der Waals surface area contributed by atoms with Crippen molar-refractivity contribution >= 4 is 42.0 Å². The van der Waals surface area contributed by atoms with E-state index in [1.807, 2.05) is 6.07 Å². The number of halogens is 3. The van der Waals surface area contributed by atoms with Gasteiger partial charge in [-0.1, -0.05) is 37.6 Å². The second-order valence-electron chi connectivity index (χ2n) is 10.9. The molecule has 2 aliphatic heterocycles. The zero-order valence-electron chi connectivity index (χ0n) is 25.0. The molecule has 0 radical (unpaired) electrons. The molecule has 2 unspecified atom stereocenters. The lowest BCUT2D eigenvalue weighted by atomic mass is 9.81. The first-order valence-corrected chi connectivity index (χ1v) is 14.4. The fraction of sp³-hybridized carbons (Fsp3) is 0.419. The standard InChI is InChI=1S/C29H34N4O6.C2HF3O2/c1-20(29(28(19-35,32-29)13-15-34)27(38)39-22-9-5-2-6-10-22)18-33-24-12-11-21(8-4-3-7-14-30)16-23(24)26(37)31-17-25(33)36;3-2(4,5)1(6)7/h2,5-6,9-12,15-16,19-20,32H,3-4,7-8,13-14,17-18,30H2,1H3,(H,31,37);(H,6,7)/t20?,28?,29-;/m0./s1.